The zero-order valence-corrected chi connectivity index (χ0v) is 12.9. The number of hydrogen-bond acceptors (Lipinski definition) is 7. The first-order chi connectivity index (χ1) is 10.3. The first-order valence-electron chi connectivity index (χ1n) is 6.83. The lowest BCUT2D eigenvalue weighted by molar-refractivity contribution is 0.355. The van der Waals surface area contributed by atoms with Crippen molar-refractivity contribution < 1.29 is 9.47 Å². The molecule has 1 aromatic carbocycles. The summed E-state index contributed by atoms with van der Waals surface area (Å²) in [7, 11) is 3.25. The van der Waals surface area contributed by atoms with Gasteiger partial charge in [0, 0.05) is 43.3 Å². The average Bonchev–Trinajstić information content (AvgIpc) is 3.05. The molecule has 0 unspecified atom stereocenters. The maximum absolute atomic E-state index is 5.33. The summed E-state index contributed by atoms with van der Waals surface area (Å²) in [4.78, 5) is 6.91. The number of nitrogens with zero attached hydrogens (tertiary/aromatic N) is 3. The van der Waals surface area contributed by atoms with Crippen molar-refractivity contribution in [1.82, 2.24) is 14.7 Å². The SMILES string of the molecule is COc1ccc(-c2nsc(N3CCNCC3)n2)cc1OC. The van der Waals surface area contributed by atoms with Gasteiger partial charge in [-0.25, -0.2) is 0 Å². The molecule has 1 aromatic heterocycles. The molecule has 0 atom stereocenters. The molecule has 6 nitrogen and oxygen atoms in total. The predicted octanol–water partition coefficient (Wildman–Crippen LogP) is 1.63. The fraction of sp³-hybridized carbons (Fsp3) is 0.429. The van der Waals surface area contributed by atoms with E-state index < -0.39 is 0 Å². The van der Waals surface area contributed by atoms with E-state index in [4.69, 9.17) is 9.47 Å². The summed E-state index contributed by atoms with van der Waals surface area (Å²) in [6.07, 6.45) is 0. The molecule has 2 aromatic rings. The average molecular weight is 306 g/mol. The third-order valence-corrected chi connectivity index (χ3v) is 4.22. The summed E-state index contributed by atoms with van der Waals surface area (Å²) in [5.41, 5.74) is 0.935. The van der Waals surface area contributed by atoms with Crippen molar-refractivity contribution in [1.29, 1.82) is 0 Å². The van der Waals surface area contributed by atoms with Gasteiger partial charge in [0.2, 0.25) is 5.13 Å². The van der Waals surface area contributed by atoms with Crippen molar-refractivity contribution in [3.8, 4) is 22.9 Å². The Kier molecular flexibility index (Phi) is 4.21. The molecule has 1 N–H and O–H groups in total. The Morgan fingerprint density at radius 1 is 1.14 bits per heavy atom. The number of nitrogens with one attached hydrogen (secondary N) is 1. The molecule has 1 aliphatic rings. The molecule has 0 saturated carbocycles. The normalized spacial score (nSPS) is 15.0. The molecule has 21 heavy (non-hydrogen) atoms. The molecule has 2 heterocycles. The third kappa shape index (κ3) is 2.93. The smallest absolute Gasteiger partial charge is 0.205 e. The summed E-state index contributed by atoms with van der Waals surface area (Å²) >= 11 is 1.44. The Morgan fingerprint density at radius 2 is 1.90 bits per heavy atom. The first-order valence-corrected chi connectivity index (χ1v) is 7.61. The Morgan fingerprint density at radius 3 is 2.62 bits per heavy atom. The molecular weight excluding hydrogens is 288 g/mol. The van der Waals surface area contributed by atoms with Crippen molar-refractivity contribution in [2.24, 2.45) is 0 Å². The summed E-state index contributed by atoms with van der Waals surface area (Å²) in [6.45, 7) is 3.93. The zero-order chi connectivity index (χ0) is 14.7. The van der Waals surface area contributed by atoms with Gasteiger partial charge in [-0.3, -0.25) is 0 Å². The van der Waals surface area contributed by atoms with Crippen molar-refractivity contribution in [2.45, 2.75) is 0 Å². The molecule has 0 bridgehead atoms. The quantitative estimate of drug-likeness (QED) is 0.926. The van der Waals surface area contributed by atoms with E-state index in [1.165, 1.54) is 11.5 Å². The van der Waals surface area contributed by atoms with Crippen LogP contribution in [0.3, 0.4) is 0 Å². The van der Waals surface area contributed by atoms with Crippen LogP contribution in [0.15, 0.2) is 18.2 Å². The fourth-order valence-electron chi connectivity index (χ4n) is 2.29. The van der Waals surface area contributed by atoms with Crippen molar-refractivity contribution in [2.75, 3.05) is 45.3 Å². The van der Waals surface area contributed by atoms with Gasteiger partial charge >= 0.3 is 0 Å². The number of methoxy groups -OCH3 is 2. The molecular formula is C14H18N4O2S. The summed E-state index contributed by atoms with van der Waals surface area (Å²) in [5, 5.41) is 4.31. The van der Waals surface area contributed by atoms with E-state index in [0.29, 0.717) is 11.5 Å². The predicted molar refractivity (Wildman–Crippen MR) is 83.5 cm³/mol. The van der Waals surface area contributed by atoms with Gasteiger partial charge < -0.3 is 19.7 Å². The first kappa shape index (κ1) is 14.1. The molecule has 112 valence electrons. The van der Waals surface area contributed by atoms with Gasteiger partial charge in [0.05, 0.1) is 14.2 Å². The number of ether oxygens (including phenoxy) is 2. The van der Waals surface area contributed by atoms with Crippen LogP contribution in [0.1, 0.15) is 0 Å². The number of aromatic nitrogens is 2. The van der Waals surface area contributed by atoms with Gasteiger partial charge in [0.15, 0.2) is 17.3 Å². The van der Waals surface area contributed by atoms with Gasteiger partial charge in [-0.2, -0.15) is 9.36 Å². The molecule has 1 aliphatic heterocycles. The van der Waals surface area contributed by atoms with E-state index in [0.717, 1.165) is 42.7 Å². The number of piperazine rings is 1. The van der Waals surface area contributed by atoms with Gasteiger partial charge in [-0.05, 0) is 18.2 Å². The van der Waals surface area contributed by atoms with E-state index in [1.54, 1.807) is 14.2 Å². The van der Waals surface area contributed by atoms with Crippen LogP contribution >= 0.6 is 11.5 Å². The second kappa shape index (κ2) is 6.28. The highest BCUT2D eigenvalue weighted by atomic mass is 32.1. The summed E-state index contributed by atoms with van der Waals surface area (Å²) in [5.74, 6) is 2.13. The summed E-state index contributed by atoms with van der Waals surface area (Å²) < 4.78 is 15.0. The van der Waals surface area contributed by atoms with Crippen LogP contribution < -0.4 is 19.7 Å². The summed E-state index contributed by atoms with van der Waals surface area (Å²) in [6, 6.07) is 5.73. The third-order valence-electron chi connectivity index (χ3n) is 3.44. The standard InChI is InChI=1S/C14H18N4O2S/c1-19-11-4-3-10(9-12(11)20-2)13-16-14(21-17-13)18-7-5-15-6-8-18/h3-4,9,15H,5-8H2,1-2H3. The van der Waals surface area contributed by atoms with Crippen LogP contribution in [0.2, 0.25) is 0 Å². The molecule has 1 fully saturated rings. The number of hydrogen-bond donors (Lipinski definition) is 1. The highest BCUT2D eigenvalue weighted by molar-refractivity contribution is 7.09. The van der Waals surface area contributed by atoms with Crippen LogP contribution in [0, 0.1) is 0 Å². The number of benzene rings is 1. The molecule has 0 spiro atoms. The minimum absolute atomic E-state index is 0.688. The van der Waals surface area contributed by atoms with Crippen molar-refractivity contribution in [3.63, 3.8) is 0 Å². The van der Waals surface area contributed by atoms with Crippen molar-refractivity contribution >= 4 is 16.7 Å². The van der Waals surface area contributed by atoms with E-state index in [1.807, 2.05) is 18.2 Å². The Bertz CT molecular complexity index is 611. The molecule has 0 radical (unpaired) electrons. The minimum Gasteiger partial charge on any atom is -0.493 e. The van der Waals surface area contributed by atoms with Gasteiger partial charge in [0.25, 0.3) is 0 Å². The number of anilines is 1. The van der Waals surface area contributed by atoms with E-state index in [2.05, 4.69) is 19.6 Å². The largest absolute Gasteiger partial charge is 0.493 e. The highest BCUT2D eigenvalue weighted by Gasteiger charge is 2.16. The second-order valence-electron chi connectivity index (χ2n) is 4.71. The van der Waals surface area contributed by atoms with Crippen LogP contribution in [0.4, 0.5) is 5.13 Å². The second-order valence-corrected chi connectivity index (χ2v) is 5.44. The molecule has 0 amide bonds. The van der Waals surface area contributed by atoms with Gasteiger partial charge in [0.1, 0.15) is 0 Å². The topological polar surface area (TPSA) is 59.5 Å². The zero-order valence-electron chi connectivity index (χ0n) is 12.1. The fourth-order valence-corrected chi connectivity index (χ4v) is 3.03. The Labute approximate surface area is 127 Å². The van der Waals surface area contributed by atoms with E-state index in [9.17, 15) is 0 Å². The Hall–Kier alpha value is -1.86. The monoisotopic (exact) mass is 306 g/mol. The van der Waals surface area contributed by atoms with Crippen molar-refractivity contribution in [3.05, 3.63) is 18.2 Å². The minimum atomic E-state index is 0.688. The lowest BCUT2D eigenvalue weighted by Crippen LogP contribution is -2.43. The maximum Gasteiger partial charge on any atom is 0.205 e. The maximum atomic E-state index is 5.33. The molecule has 0 aliphatic carbocycles. The molecule has 7 heteroatoms. The van der Waals surface area contributed by atoms with E-state index >= 15 is 0 Å². The van der Waals surface area contributed by atoms with Crippen LogP contribution in [-0.2, 0) is 0 Å². The molecule has 1 saturated heterocycles. The Balaban J connectivity index is 1.85. The molecule has 3 rings (SSSR count). The lowest BCUT2D eigenvalue weighted by Gasteiger charge is -2.26. The van der Waals surface area contributed by atoms with Crippen LogP contribution in [0.5, 0.6) is 11.5 Å². The highest BCUT2D eigenvalue weighted by Crippen LogP contribution is 2.32. The van der Waals surface area contributed by atoms with E-state index in [-0.39, 0.29) is 0 Å². The lowest BCUT2D eigenvalue weighted by atomic mass is 10.2. The van der Waals surface area contributed by atoms with Crippen LogP contribution in [0.25, 0.3) is 11.4 Å². The van der Waals surface area contributed by atoms with Gasteiger partial charge in [-0.1, -0.05) is 0 Å². The number of rotatable bonds is 4. The van der Waals surface area contributed by atoms with Crippen LogP contribution in [-0.4, -0.2) is 49.8 Å². The van der Waals surface area contributed by atoms with Gasteiger partial charge in [-0.15, -0.1) is 0 Å².